The SMILES string of the molecule is COC(=O)CCN1CN=Cc2cc(O)c(O)cc21. The van der Waals surface area contributed by atoms with E-state index in [1.165, 1.54) is 19.2 Å². The van der Waals surface area contributed by atoms with E-state index < -0.39 is 0 Å². The molecule has 1 heterocycles. The quantitative estimate of drug-likeness (QED) is 0.614. The zero-order valence-corrected chi connectivity index (χ0v) is 9.96. The molecule has 18 heavy (non-hydrogen) atoms. The Hall–Kier alpha value is -2.24. The lowest BCUT2D eigenvalue weighted by Gasteiger charge is -2.27. The van der Waals surface area contributed by atoms with Crippen molar-refractivity contribution in [2.45, 2.75) is 6.42 Å². The summed E-state index contributed by atoms with van der Waals surface area (Å²) in [6.07, 6.45) is 1.87. The van der Waals surface area contributed by atoms with Gasteiger partial charge in [0.05, 0.1) is 19.2 Å². The van der Waals surface area contributed by atoms with E-state index in [4.69, 9.17) is 0 Å². The largest absolute Gasteiger partial charge is 0.504 e. The Morgan fingerprint density at radius 3 is 2.89 bits per heavy atom. The summed E-state index contributed by atoms with van der Waals surface area (Å²) in [5.74, 6) is -0.670. The maximum atomic E-state index is 11.1. The monoisotopic (exact) mass is 250 g/mol. The number of carbonyl (C=O) groups excluding carboxylic acids is 1. The maximum Gasteiger partial charge on any atom is 0.307 e. The first-order chi connectivity index (χ1) is 8.61. The van der Waals surface area contributed by atoms with E-state index in [-0.39, 0.29) is 23.9 Å². The van der Waals surface area contributed by atoms with Crippen LogP contribution in [0.25, 0.3) is 0 Å². The maximum absolute atomic E-state index is 11.1. The standard InChI is InChI=1S/C12H14N2O4/c1-18-12(17)2-3-14-7-13-6-8-4-10(15)11(16)5-9(8)14/h4-6,15-16H,2-3,7H2,1H3. The highest BCUT2D eigenvalue weighted by Crippen LogP contribution is 2.34. The fourth-order valence-electron chi connectivity index (χ4n) is 1.79. The lowest BCUT2D eigenvalue weighted by molar-refractivity contribution is -0.140. The molecule has 96 valence electrons. The minimum Gasteiger partial charge on any atom is -0.504 e. The summed E-state index contributed by atoms with van der Waals surface area (Å²) in [5.41, 5.74) is 1.45. The molecule has 0 spiro atoms. The van der Waals surface area contributed by atoms with Crippen LogP contribution < -0.4 is 4.90 Å². The second kappa shape index (κ2) is 4.95. The first-order valence-corrected chi connectivity index (χ1v) is 5.49. The molecule has 0 unspecified atom stereocenters. The van der Waals surface area contributed by atoms with Crippen LogP contribution in [0.4, 0.5) is 5.69 Å². The summed E-state index contributed by atoms with van der Waals surface area (Å²) in [7, 11) is 1.34. The average Bonchev–Trinajstić information content (AvgIpc) is 2.37. The highest BCUT2D eigenvalue weighted by atomic mass is 16.5. The lowest BCUT2D eigenvalue weighted by Crippen LogP contribution is -2.29. The number of phenols is 2. The van der Waals surface area contributed by atoms with Gasteiger partial charge in [0.1, 0.15) is 6.67 Å². The molecule has 0 radical (unpaired) electrons. The number of rotatable bonds is 3. The summed E-state index contributed by atoms with van der Waals surface area (Å²) in [4.78, 5) is 17.1. The van der Waals surface area contributed by atoms with Crippen molar-refractivity contribution < 1.29 is 19.7 Å². The van der Waals surface area contributed by atoms with Crippen molar-refractivity contribution in [3.8, 4) is 11.5 Å². The van der Waals surface area contributed by atoms with Crippen LogP contribution in [0.5, 0.6) is 11.5 Å². The predicted octanol–water partition coefficient (Wildman–Crippen LogP) is 0.857. The van der Waals surface area contributed by atoms with Crippen LogP contribution in [-0.4, -0.2) is 42.7 Å². The lowest BCUT2D eigenvalue weighted by atomic mass is 10.1. The molecule has 1 aliphatic rings. The number of hydrogen-bond donors (Lipinski definition) is 2. The molecule has 0 saturated heterocycles. The van der Waals surface area contributed by atoms with Gasteiger partial charge in [0.25, 0.3) is 0 Å². The molecule has 1 aromatic carbocycles. The van der Waals surface area contributed by atoms with Crippen molar-refractivity contribution in [2.24, 2.45) is 4.99 Å². The van der Waals surface area contributed by atoms with Gasteiger partial charge in [-0.15, -0.1) is 0 Å². The van der Waals surface area contributed by atoms with Gasteiger partial charge in [-0.25, -0.2) is 0 Å². The van der Waals surface area contributed by atoms with Gasteiger partial charge >= 0.3 is 5.97 Å². The zero-order valence-electron chi connectivity index (χ0n) is 9.96. The summed E-state index contributed by atoms with van der Waals surface area (Å²) >= 11 is 0. The predicted molar refractivity (Wildman–Crippen MR) is 66.2 cm³/mol. The number of aliphatic imine (C=N–C) groups is 1. The first kappa shape index (κ1) is 12.2. The molecule has 0 atom stereocenters. The Morgan fingerprint density at radius 1 is 1.44 bits per heavy atom. The third-order valence-electron chi connectivity index (χ3n) is 2.76. The number of anilines is 1. The number of fused-ring (bicyclic) bond motifs is 1. The molecule has 2 rings (SSSR count). The second-order valence-electron chi connectivity index (χ2n) is 3.94. The van der Waals surface area contributed by atoms with Crippen LogP contribution in [0, 0.1) is 0 Å². The Balaban J connectivity index is 2.20. The van der Waals surface area contributed by atoms with Gasteiger partial charge in [-0.3, -0.25) is 9.79 Å². The number of carbonyl (C=O) groups is 1. The molecule has 0 aliphatic carbocycles. The van der Waals surface area contributed by atoms with Crippen LogP contribution in [-0.2, 0) is 9.53 Å². The van der Waals surface area contributed by atoms with Crippen molar-refractivity contribution >= 4 is 17.9 Å². The second-order valence-corrected chi connectivity index (χ2v) is 3.94. The van der Waals surface area contributed by atoms with Crippen LogP contribution in [0.3, 0.4) is 0 Å². The number of ether oxygens (including phenoxy) is 1. The summed E-state index contributed by atoms with van der Waals surface area (Å²) < 4.78 is 4.58. The molecule has 0 saturated carbocycles. The molecular weight excluding hydrogens is 236 g/mol. The average molecular weight is 250 g/mol. The smallest absolute Gasteiger partial charge is 0.307 e. The Labute approximate surface area is 104 Å². The van der Waals surface area contributed by atoms with Crippen LogP contribution in [0.2, 0.25) is 0 Å². The molecule has 6 nitrogen and oxygen atoms in total. The molecule has 0 bridgehead atoms. The van der Waals surface area contributed by atoms with E-state index in [2.05, 4.69) is 9.73 Å². The van der Waals surface area contributed by atoms with Crippen molar-refractivity contribution in [1.29, 1.82) is 0 Å². The van der Waals surface area contributed by atoms with Crippen molar-refractivity contribution in [3.05, 3.63) is 17.7 Å². The number of aromatic hydroxyl groups is 2. The number of nitrogens with zero attached hydrogens (tertiary/aromatic N) is 2. The summed E-state index contributed by atoms with van der Waals surface area (Å²) in [5, 5.41) is 18.9. The molecule has 0 amide bonds. The number of hydrogen-bond acceptors (Lipinski definition) is 6. The number of benzene rings is 1. The highest BCUT2D eigenvalue weighted by molar-refractivity contribution is 5.91. The number of esters is 1. The number of phenolic OH excluding ortho intramolecular Hbond substituents is 2. The fraction of sp³-hybridized carbons (Fsp3) is 0.333. The van der Waals surface area contributed by atoms with Gasteiger partial charge in [0.2, 0.25) is 0 Å². The van der Waals surface area contributed by atoms with Gasteiger partial charge in [-0.1, -0.05) is 0 Å². The molecule has 0 aromatic heterocycles. The topological polar surface area (TPSA) is 82.4 Å². The zero-order chi connectivity index (χ0) is 13.1. The summed E-state index contributed by atoms with van der Waals surface area (Å²) in [6, 6.07) is 2.91. The molecule has 1 aliphatic heterocycles. The van der Waals surface area contributed by atoms with Crippen molar-refractivity contribution in [2.75, 3.05) is 25.2 Å². The molecular formula is C12H14N2O4. The van der Waals surface area contributed by atoms with E-state index >= 15 is 0 Å². The molecule has 2 N–H and O–H groups in total. The Bertz CT molecular complexity index is 499. The highest BCUT2D eigenvalue weighted by Gasteiger charge is 2.17. The van der Waals surface area contributed by atoms with Gasteiger partial charge in [0.15, 0.2) is 11.5 Å². The van der Waals surface area contributed by atoms with E-state index in [0.717, 1.165) is 5.69 Å². The minimum absolute atomic E-state index is 0.185. The number of methoxy groups -OCH3 is 1. The molecule has 0 fully saturated rings. The van der Waals surface area contributed by atoms with Gasteiger partial charge in [-0.2, -0.15) is 0 Å². The van der Waals surface area contributed by atoms with Crippen LogP contribution in [0.1, 0.15) is 12.0 Å². The van der Waals surface area contributed by atoms with E-state index in [0.29, 0.717) is 18.8 Å². The van der Waals surface area contributed by atoms with E-state index in [9.17, 15) is 15.0 Å². The summed E-state index contributed by atoms with van der Waals surface area (Å²) in [6.45, 7) is 0.857. The van der Waals surface area contributed by atoms with Gasteiger partial charge < -0.3 is 19.8 Å². The van der Waals surface area contributed by atoms with Crippen LogP contribution >= 0.6 is 0 Å². The Kier molecular flexibility index (Phi) is 3.36. The van der Waals surface area contributed by atoms with E-state index in [1.807, 2.05) is 4.90 Å². The first-order valence-electron chi connectivity index (χ1n) is 5.49. The molecule has 1 aromatic rings. The third kappa shape index (κ3) is 2.37. The third-order valence-corrected chi connectivity index (χ3v) is 2.76. The van der Waals surface area contributed by atoms with Crippen molar-refractivity contribution in [1.82, 2.24) is 0 Å². The normalized spacial score (nSPS) is 13.3. The molecule has 6 heteroatoms. The van der Waals surface area contributed by atoms with Gasteiger partial charge in [0, 0.05) is 24.4 Å². The fourth-order valence-corrected chi connectivity index (χ4v) is 1.79. The van der Waals surface area contributed by atoms with E-state index in [1.54, 1.807) is 6.21 Å². The van der Waals surface area contributed by atoms with Crippen molar-refractivity contribution in [3.63, 3.8) is 0 Å². The Morgan fingerprint density at radius 2 is 2.17 bits per heavy atom. The van der Waals surface area contributed by atoms with Gasteiger partial charge in [-0.05, 0) is 6.07 Å². The van der Waals surface area contributed by atoms with Crippen LogP contribution in [0.15, 0.2) is 17.1 Å². The minimum atomic E-state index is -0.297.